The van der Waals surface area contributed by atoms with E-state index in [0.717, 1.165) is 0 Å². The molecule has 2 aromatic heterocycles. The number of imidazole rings is 1. The quantitative estimate of drug-likeness (QED) is 0.129. The van der Waals surface area contributed by atoms with Gasteiger partial charge in [-0.05, 0) is 34.3 Å². The minimum atomic E-state index is -3.29. The van der Waals surface area contributed by atoms with E-state index < -0.39 is 53.3 Å². The molecule has 1 unspecified atom stereocenters. The number of carbonyl (C=O) groups is 1. The minimum Gasteiger partial charge on any atom is -0.486 e. The van der Waals surface area contributed by atoms with Crippen LogP contribution in [0.4, 0.5) is 5.95 Å². The summed E-state index contributed by atoms with van der Waals surface area (Å²) < 4.78 is 48.5. The molecule has 2 aliphatic rings. The third-order valence-corrected chi connectivity index (χ3v) is 19.8. The summed E-state index contributed by atoms with van der Waals surface area (Å²) in [7, 11) is -6.55. The first-order valence-electron chi connectivity index (χ1n) is 17.5. The first kappa shape index (κ1) is 38.7. The zero-order valence-corrected chi connectivity index (χ0v) is 32.5. The number of nitrogens with one attached hydrogen (secondary N) is 1. The van der Waals surface area contributed by atoms with Crippen molar-refractivity contribution in [3.05, 3.63) is 47.0 Å². The third-order valence-electron chi connectivity index (χ3n) is 9.56. The van der Waals surface area contributed by atoms with Gasteiger partial charge < -0.3 is 37.6 Å². The predicted octanol–water partition coefficient (Wildman–Crippen LogP) is 4.85. The molecular weight excluding hydrogens is 693 g/mol. The molecular formula is C34H50N6O9Si2. The Kier molecular flexibility index (Phi) is 12.2. The number of aromatic amines is 1. The lowest BCUT2D eigenvalue weighted by Gasteiger charge is -2.53. The molecule has 2 aliphatic heterocycles. The number of anilines is 1. The van der Waals surface area contributed by atoms with Crippen LogP contribution in [0.3, 0.4) is 0 Å². The molecule has 51 heavy (non-hydrogen) atoms. The average Bonchev–Trinajstić information content (AvgIpc) is 3.64. The average molecular weight is 743 g/mol. The van der Waals surface area contributed by atoms with E-state index in [4.69, 9.17) is 42.9 Å². The monoisotopic (exact) mass is 742 g/mol. The van der Waals surface area contributed by atoms with Crippen molar-refractivity contribution >= 4 is 40.0 Å². The van der Waals surface area contributed by atoms with Crippen LogP contribution >= 0.6 is 0 Å². The number of benzene rings is 1. The molecule has 3 aromatic rings. The first-order valence-corrected chi connectivity index (χ1v) is 21.4. The van der Waals surface area contributed by atoms with Crippen LogP contribution in [-0.4, -0.2) is 86.8 Å². The number of ketones is 1. The summed E-state index contributed by atoms with van der Waals surface area (Å²) in [6, 6.07) is 11.1. The maximum absolute atomic E-state index is 14.5. The Balaban J connectivity index is 1.68. The van der Waals surface area contributed by atoms with Crippen molar-refractivity contribution in [3.63, 3.8) is 0 Å². The van der Waals surface area contributed by atoms with E-state index in [1.165, 1.54) is 6.33 Å². The van der Waals surface area contributed by atoms with E-state index in [9.17, 15) is 9.59 Å². The van der Waals surface area contributed by atoms with E-state index in [0.29, 0.717) is 5.75 Å². The van der Waals surface area contributed by atoms with E-state index in [1.807, 2.05) is 18.2 Å². The number of nitrogen functional groups attached to an aromatic ring is 1. The van der Waals surface area contributed by atoms with Gasteiger partial charge in [-0.1, -0.05) is 73.6 Å². The number of H-pyrrole nitrogens is 1. The molecule has 0 saturated carbocycles. The SMILES string of the molecule is CC(C)[Si]1(C(C)C)OC(C(=O)COc2ccccc2)[C@H]2O[C@@H](n3cnc4c(=O)[nH]c(N)nc43)[C@H](OCOCCC#N)[C@@H]2O[Si](C(C)C)(C(C)C)O1. The van der Waals surface area contributed by atoms with Gasteiger partial charge in [-0.15, -0.1) is 0 Å². The highest BCUT2D eigenvalue weighted by Crippen LogP contribution is 2.50. The molecule has 5 atom stereocenters. The second kappa shape index (κ2) is 16.0. The summed E-state index contributed by atoms with van der Waals surface area (Å²) in [6.07, 6.45) is -3.49. The lowest BCUT2D eigenvalue weighted by atomic mass is 10.0. The van der Waals surface area contributed by atoms with Gasteiger partial charge in [0.2, 0.25) is 5.95 Å². The number of ether oxygens (including phenoxy) is 4. The molecule has 17 heteroatoms. The van der Waals surface area contributed by atoms with Crippen LogP contribution in [0, 0.1) is 11.3 Å². The maximum atomic E-state index is 14.5. The van der Waals surface area contributed by atoms with Gasteiger partial charge in [0.15, 0.2) is 23.2 Å². The van der Waals surface area contributed by atoms with E-state index >= 15 is 0 Å². The Labute approximate surface area is 300 Å². The zero-order chi connectivity index (χ0) is 37.1. The number of Topliss-reactive ketones (excluding diaryl/α,β-unsaturated/α-hetero) is 1. The molecule has 5 rings (SSSR count). The van der Waals surface area contributed by atoms with Crippen molar-refractivity contribution in [1.82, 2.24) is 19.5 Å². The summed E-state index contributed by atoms with van der Waals surface area (Å²) in [5.41, 5.74) is 5.43. The number of fused-ring (bicyclic) bond motifs is 2. The van der Waals surface area contributed by atoms with Crippen molar-refractivity contribution in [2.45, 2.75) is 115 Å². The van der Waals surface area contributed by atoms with Crippen molar-refractivity contribution < 1.29 is 36.7 Å². The topological polar surface area (TPSA) is 195 Å². The van der Waals surface area contributed by atoms with Gasteiger partial charge in [0.05, 0.1) is 25.4 Å². The van der Waals surface area contributed by atoms with Gasteiger partial charge in [-0.25, -0.2) is 4.98 Å². The second-order valence-corrected chi connectivity index (χ2v) is 23.0. The van der Waals surface area contributed by atoms with Crippen molar-refractivity contribution in [2.24, 2.45) is 0 Å². The lowest BCUT2D eigenvalue weighted by molar-refractivity contribution is -0.145. The third kappa shape index (κ3) is 7.69. The minimum absolute atomic E-state index is 0.0412. The van der Waals surface area contributed by atoms with Gasteiger partial charge in [0.25, 0.3) is 5.56 Å². The molecule has 0 amide bonds. The summed E-state index contributed by atoms with van der Waals surface area (Å²) in [5, 5.41) is 9.05. The fraction of sp³-hybridized carbons (Fsp3) is 0.618. The maximum Gasteiger partial charge on any atom is 0.335 e. The summed E-state index contributed by atoms with van der Waals surface area (Å²) in [4.78, 5) is 38.4. The first-order chi connectivity index (χ1) is 24.3. The molecule has 4 heterocycles. The van der Waals surface area contributed by atoms with Crippen molar-refractivity contribution in [3.8, 4) is 11.8 Å². The molecule has 2 saturated heterocycles. The van der Waals surface area contributed by atoms with Crippen LogP contribution in [0.5, 0.6) is 5.75 Å². The Morgan fingerprint density at radius 3 is 2.29 bits per heavy atom. The lowest BCUT2D eigenvalue weighted by Crippen LogP contribution is -2.68. The number of nitriles is 1. The smallest absolute Gasteiger partial charge is 0.335 e. The summed E-state index contributed by atoms with van der Waals surface area (Å²) in [6.45, 7) is 16.3. The van der Waals surface area contributed by atoms with Gasteiger partial charge in [0.1, 0.15) is 43.6 Å². The number of aromatic nitrogens is 4. The van der Waals surface area contributed by atoms with E-state index in [1.54, 1.807) is 16.7 Å². The highest BCUT2D eigenvalue weighted by atomic mass is 28.5. The number of nitrogens with two attached hydrogens (primary N) is 1. The number of rotatable bonds is 14. The van der Waals surface area contributed by atoms with Gasteiger partial charge in [-0.2, -0.15) is 10.2 Å². The number of nitrogens with zero attached hydrogens (tertiary/aromatic N) is 4. The van der Waals surface area contributed by atoms with Crippen LogP contribution in [0.2, 0.25) is 22.2 Å². The Morgan fingerprint density at radius 2 is 1.67 bits per heavy atom. The molecule has 278 valence electrons. The molecule has 1 aromatic carbocycles. The summed E-state index contributed by atoms with van der Waals surface area (Å²) in [5.74, 6) is 0.0644. The second-order valence-electron chi connectivity index (χ2n) is 14.2. The van der Waals surface area contributed by atoms with Crippen LogP contribution in [0.25, 0.3) is 11.2 Å². The number of hydrogen-bond donors (Lipinski definition) is 2. The van der Waals surface area contributed by atoms with Crippen molar-refractivity contribution in [1.29, 1.82) is 5.26 Å². The van der Waals surface area contributed by atoms with E-state index in [2.05, 4.69) is 76.4 Å². The molecule has 0 bridgehead atoms. The molecule has 2 fully saturated rings. The molecule has 0 spiro atoms. The number of carbonyl (C=O) groups excluding carboxylic acids is 1. The highest BCUT2D eigenvalue weighted by Gasteiger charge is 2.65. The Hall–Kier alpha value is -3.48. The fourth-order valence-electron chi connectivity index (χ4n) is 7.00. The summed E-state index contributed by atoms with van der Waals surface area (Å²) >= 11 is 0. The molecule has 0 aliphatic carbocycles. The largest absolute Gasteiger partial charge is 0.486 e. The standard InChI is InChI=1S/C34H50N6O9Si2/c1-20(2)50(21(3)4)47-27(25(41)17-44-24-13-10-9-11-14-24)28-29(48-51(49-50,22(5)6)23(7)8)30(45-19-43-16-12-15-35)33(46-28)40-18-37-26-31(40)38-34(36)39-32(26)42/h9-11,13-14,18,20-23,27-30,33H,12,16-17,19H2,1-8H3,(H3,36,38,39,42)/t27?,28-,29-,30-,33-/m1/s1. The van der Waals surface area contributed by atoms with Crippen LogP contribution in [-0.2, 0) is 32.0 Å². The molecule has 15 nitrogen and oxygen atoms in total. The molecule has 0 radical (unpaired) electrons. The van der Waals surface area contributed by atoms with Crippen molar-refractivity contribution in [2.75, 3.05) is 25.7 Å². The van der Waals surface area contributed by atoms with E-state index in [-0.39, 0.29) is 71.5 Å². The van der Waals surface area contributed by atoms with Gasteiger partial charge in [-0.3, -0.25) is 19.1 Å². The predicted molar refractivity (Wildman–Crippen MR) is 192 cm³/mol. The number of para-hydroxylation sites is 1. The normalized spacial score (nSPS) is 24.5. The molecule has 3 N–H and O–H groups in total. The van der Waals surface area contributed by atoms with Crippen LogP contribution < -0.4 is 16.0 Å². The van der Waals surface area contributed by atoms with Crippen LogP contribution in [0.1, 0.15) is 68.0 Å². The van der Waals surface area contributed by atoms with Gasteiger partial charge >= 0.3 is 17.1 Å². The number of hydrogen-bond acceptors (Lipinski definition) is 13. The zero-order valence-electron chi connectivity index (χ0n) is 30.5. The highest BCUT2D eigenvalue weighted by molar-refractivity contribution is 6.84. The Morgan fingerprint density at radius 1 is 1.02 bits per heavy atom. The Bertz CT molecular complexity index is 1730. The fourth-order valence-corrected chi connectivity index (χ4v) is 18.3. The van der Waals surface area contributed by atoms with Gasteiger partial charge in [0, 0.05) is 0 Å². The van der Waals surface area contributed by atoms with Crippen LogP contribution in [0.15, 0.2) is 41.5 Å².